The number of hydrogen-bond donors (Lipinski definition) is 1. The molecule has 1 saturated carbocycles. The number of benzene rings is 1. The van der Waals surface area contributed by atoms with E-state index in [1.165, 1.54) is 7.11 Å². The van der Waals surface area contributed by atoms with Gasteiger partial charge < -0.3 is 24.1 Å². The molecule has 2 aliphatic rings. The Morgan fingerprint density at radius 1 is 1.00 bits per heavy atom. The number of carboxylic acids is 1. The molecule has 1 N–H and O–H groups in total. The molecule has 2 aliphatic carbocycles. The third kappa shape index (κ3) is 9.28. The van der Waals surface area contributed by atoms with Gasteiger partial charge in [-0.15, -0.1) is 6.58 Å². The van der Waals surface area contributed by atoms with Crippen molar-refractivity contribution in [3.05, 3.63) is 59.4 Å². The Kier molecular flexibility index (Phi) is 12.8. The van der Waals surface area contributed by atoms with Crippen molar-refractivity contribution >= 4 is 17.7 Å². The van der Waals surface area contributed by atoms with Gasteiger partial charge >= 0.3 is 11.9 Å². The van der Waals surface area contributed by atoms with Crippen molar-refractivity contribution in [3.63, 3.8) is 0 Å². The molecule has 1 unspecified atom stereocenters. The summed E-state index contributed by atoms with van der Waals surface area (Å²) in [5, 5.41) is 8.86. The van der Waals surface area contributed by atoms with E-state index in [2.05, 4.69) is 12.7 Å². The van der Waals surface area contributed by atoms with Crippen molar-refractivity contribution in [1.82, 2.24) is 0 Å². The molecule has 218 valence electrons. The van der Waals surface area contributed by atoms with Crippen LogP contribution in [0.5, 0.6) is 11.5 Å². The van der Waals surface area contributed by atoms with Crippen LogP contribution in [-0.2, 0) is 30.3 Å². The van der Waals surface area contributed by atoms with Crippen LogP contribution in [-0.4, -0.2) is 49.8 Å². The fraction of sp³-hybridized carbons (Fsp3) is 0.531. The number of ketones is 1. The Bertz CT molecular complexity index is 1100. The molecule has 0 aromatic heterocycles. The molecular weight excluding hydrogens is 512 g/mol. The molecule has 0 radical (unpaired) electrons. The first-order chi connectivity index (χ1) is 19.4. The Labute approximate surface area is 237 Å². The minimum atomic E-state index is -0.865. The highest BCUT2D eigenvalue weighted by atomic mass is 16.5. The van der Waals surface area contributed by atoms with Crippen molar-refractivity contribution in [2.75, 3.05) is 26.9 Å². The largest absolute Gasteiger partial charge is 0.497 e. The van der Waals surface area contributed by atoms with Crippen LogP contribution in [0.3, 0.4) is 0 Å². The molecule has 0 heterocycles. The third-order valence-electron chi connectivity index (χ3n) is 7.18. The first-order valence-corrected chi connectivity index (χ1v) is 14.3. The van der Waals surface area contributed by atoms with Crippen molar-refractivity contribution < 1.29 is 38.4 Å². The minimum Gasteiger partial charge on any atom is -0.497 e. The summed E-state index contributed by atoms with van der Waals surface area (Å²) >= 11 is 0. The second-order valence-corrected chi connectivity index (χ2v) is 10.1. The number of fused-ring (bicyclic) bond motifs is 1. The average Bonchev–Trinajstić information content (AvgIpc) is 2.95. The number of hydrogen-bond acceptors (Lipinski definition) is 7. The summed E-state index contributed by atoms with van der Waals surface area (Å²) in [7, 11) is 1.35. The van der Waals surface area contributed by atoms with E-state index in [0.717, 1.165) is 67.4 Å². The fourth-order valence-electron chi connectivity index (χ4n) is 5.12. The predicted octanol–water partition coefficient (Wildman–Crippen LogP) is 6.13. The lowest BCUT2D eigenvalue weighted by atomic mass is 9.79. The van der Waals surface area contributed by atoms with Gasteiger partial charge in [-0.3, -0.25) is 14.4 Å². The smallest absolute Gasteiger partial charge is 0.305 e. The number of ether oxygens (including phenoxy) is 4. The number of aliphatic carboxylic acids is 1. The van der Waals surface area contributed by atoms with Gasteiger partial charge in [0.25, 0.3) is 0 Å². The highest BCUT2D eigenvalue weighted by Crippen LogP contribution is 2.39. The number of carboxylic acid groups (broad SMARTS) is 1. The van der Waals surface area contributed by atoms with Crippen LogP contribution in [0.1, 0.15) is 76.2 Å². The van der Waals surface area contributed by atoms with Gasteiger partial charge in [0.15, 0.2) is 5.78 Å². The number of rotatable bonds is 18. The Morgan fingerprint density at radius 3 is 2.38 bits per heavy atom. The second-order valence-electron chi connectivity index (χ2n) is 10.1. The van der Waals surface area contributed by atoms with Crippen molar-refractivity contribution in [2.24, 2.45) is 5.92 Å². The van der Waals surface area contributed by atoms with Gasteiger partial charge in [-0.05, 0) is 69.9 Å². The van der Waals surface area contributed by atoms with Crippen LogP contribution in [0.25, 0.3) is 0 Å². The molecule has 40 heavy (non-hydrogen) atoms. The van der Waals surface area contributed by atoms with E-state index in [-0.39, 0.29) is 37.1 Å². The normalized spacial score (nSPS) is 16.6. The summed E-state index contributed by atoms with van der Waals surface area (Å²) in [6.07, 6.45) is 11.7. The van der Waals surface area contributed by atoms with E-state index in [9.17, 15) is 14.4 Å². The number of allylic oxidation sites excluding steroid dienone is 5. The van der Waals surface area contributed by atoms with Gasteiger partial charge in [-0.25, -0.2) is 0 Å². The highest BCUT2D eigenvalue weighted by Gasteiger charge is 2.30. The number of unbranched alkanes of at least 4 members (excludes halogenated alkanes) is 2. The van der Waals surface area contributed by atoms with E-state index < -0.39 is 5.97 Å². The van der Waals surface area contributed by atoms with Crippen LogP contribution >= 0.6 is 0 Å². The Balaban J connectivity index is 1.50. The molecule has 0 amide bonds. The fourth-order valence-corrected chi connectivity index (χ4v) is 5.12. The molecule has 3 rings (SSSR count). The molecule has 1 atom stereocenters. The zero-order valence-electron chi connectivity index (χ0n) is 23.6. The van der Waals surface area contributed by atoms with Crippen LogP contribution < -0.4 is 9.47 Å². The molecule has 1 fully saturated rings. The summed E-state index contributed by atoms with van der Waals surface area (Å²) < 4.78 is 23.0. The number of Topliss-reactive ketones (excluding diaryl/α,β-unsaturated/α-hetero) is 1. The second kappa shape index (κ2) is 16.5. The van der Waals surface area contributed by atoms with Crippen LogP contribution in [0.15, 0.2) is 53.8 Å². The van der Waals surface area contributed by atoms with Crippen molar-refractivity contribution in [3.8, 4) is 11.5 Å². The van der Waals surface area contributed by atoms with E-state index in [1.54, 1.807) is 6.07 Å². The molecule has 0 saturated heterocycles. The van der Waals surface area contributed by atoms with Crippen LogP contribution in [0, 0.1) is 5.92 Å². The monoisotopic (exact) mass is 554 g/mol. The van der Waals surface area contributed by atoms with Gasteiger partial charge in [0.05, 0.1) is 26.9 Å². The molecule has 0 bridgehead atoms. The molecule has 1 aromatic carbocycles. The van der Waals surface area contributed by atoms with Crippen LogP contribution in [0.4, 0.5) is 0 Å². The zero-order chi connectivity index (χ0) is 28.7. The third-order valence-corrected chi connectivity index (χ3v) is 7.18. The topological polar surface area (TPSA) is 108 Å². The highest BCUT2D eigenvalue weighted by molar-refractivity contribution is 6.01. The van der Waals surface area contributed by atoms with Crippen LogP contribution in [0.2, 0.25) is 0 Å². The Hall–Kier alpha value is -3.55. The van der Waals surface area contributed by atoms with Crippen molar-refractivity contribution in [2.45, 2.75) is 77.0 Å². The first kappa shape index (κ1) is 31.0. The summed E-state index contributed by atoms with van der Waals surface area (Å²) in [5.74, 6) is 1.53. The lowest BCUT2D eigenvalue weighted by molar-refractivity contribution is -0.140. The minimum absolute atomic E-state index is 0.0287. The zero-order valence-corrected chi connectivity index (χ0v) is 23.6. The molecule has 8 nitrogen and oxygen atoms in total. The van der Waals surface area contributed by atoms with Gasteiger partial charge in [0, 0.05) is 41.9 Å². The SMILES string of the molecule is C=CCC1CC=C2C(=O)CCCC2=C1OCCCCCOc1cccc(OCCCC(=O)O)c1CCC(=O)OC. The molecule has 0 spiro atoms. The van der Waals surface area contributed by atoms with E-state index in [0.29, 0.717) is 44.0 Å². The Morgan fingerprint density at radius 2 is 1.70 bits per heavy atom. The van der Waals surface area contributed by atoms with Gasteiger partial charge in [-0.2, -0.15) is 0 Å². The number of methoxy groups -OCH3 is 1. The maximum atomic E-state index is 12.4. The molecule has 1 aromatic rings. The first-order valence-electron chi connectivity index (χ1n) is 14.3. The molecular formula is C32H42O8. The summed E-state index contributed by atoms with van der Waals surface area (Å²) in [5.41, 5.74) is 2.74. The van der Waals surface area contributed by atoms with E-state index >= 15 is 0 Å². The number of carbonyl (C=O) groups excluding carboxylic acids is 2. The summed E-state index contributed by atoms with van der Waals surface area (Å²) in [6.45, 7) is 5.25. The lowest BCUT2D eigenvalue weighted by Crippen LogP contribution is -2.22. The summed E-state index contributed by atoms with van der Waals surface area (Å²) in [4.78, 5) is 34.9. The van der Waals surface area contributed by atoms with Gasteiger partial charge in [-0.1, -0.05) is 18.2 Å². The standard InChI is InChI=1S/C32H42O8/c1-3-10-23-16-17-24-25(11-7-12-27(24)33)32(23)40-21-6-4-5-20-38-28-13-8-14-29(39-22-9-15-30(34)35)26(28)18-19-31(36)37-2/h3,8,13-14,17,23H,1,4-7,9-12,15-16,18-22H2,2H3,(H,34,35). The average molecular weight is 555 g/mol. The lowest BCUT2D eigenvalue weighted by Gasteiger charge is -2.30. The van der Waals surface area contributed by atoms with E-state index in [1.807, 2.05) is 18.2 Å². The van der Waals surface area contributed by atoms with E-state index in [4.69, 9.17) is 24.1 Å². The van der Waals surface area contributed by atoms with Gasteiger partial charge in [0.2, 0.25) is 0 Å². The van der Waals surface area contributed by atoms with Gasteiger partial charge in [0.1, 0.15) is 17.3 Å². The predicted molar refractivity (Wildman–Crippen MR) is 151 cm³/mol. The maximum absolute atomic E-state index is 12.4. The van der Waals surface area contributed by atoms with Crippen molar-refractivity contribution in [1.29, 1.82) is 0 Å². The molecule has 8 heteroatoms. The molecule has 0 aliphatic heterocycles. The number of esters is 1. The maximum Gasteiger partial charge on any atom is 0.305 e. The summed E-state index contributed by atoms with van der Waals surface area (Å²) in [6, 6.07) is 5.49. The quantitative estimate of drug-likeness (QED) is 0.131. The number of carbonyl (C=O) groups is 3.